The Kier molecular flexibility index (Phi) is 7.74. The molecule has 6 rings (SSSR count). The van der Waals surface area contributed by atoms with Crippen molar-refractivity contribution in [3.63, 3.8) is 0 Å². The number of rotatable bonds is 9. The van der Waals surface area contributed by atoms with Gasteiger partial charge in [-0.2, -0.15) is 0 Å². The first kappa shape index (κ1) is 26.3. The lowest BCUT2D eigenvalue weighted by Crippen LogP contribution is -2.50. The van der Waals surface area contributed by atoms with Crippen LogP contribution in [0.25, 0.3) is 0 Å². The van der Waals surface area contributed by atoms with E-state index in [1.54, 1.807) is 0 Å². The van der Waals surface area contributed by atoms with Crippen LogP contribution in [0.3, 0.4) is 0 Å². The van der Waals surface area contributed by atoms with Gasteiger partial charge in [0.1, 0.15) is 0 Å². The lowest BCUT2D eigenvalue weighted by molar-refractivity contribution is -0.00954. The van der Waals surface area contributed by atoms with E-state index in [0.29, 0.717) is 30.3 Å². The van der Waals surface area contributed by atoms with Crippen molar-refractivity contribution in [2.45, 2.75) is 58.8 Å². The summed E-state index contributed by atoms with van der Waals surface area (Å²) in [6.07, 6.45) is 5.70. The number of nitrogens with one attached hydrogen (secondary N) is 1. The summed E-state index contributed by atoms with van der Waals surface area (Å²) in [5.74, 6) is 2.08. The molecule has 198 valence electrons. The number of benzene rings is 3. The number of fused-ring (bicyclic) bond motifs is 1. The standard InChI is InChI=1S/C35H42N2O/c1-25(2)26-16-19-31(20-17-26)36-34(38)37(24-29-15-18-30-23-33(29)35(30,3)4)22-21-32(27-11-7-5-8-12-27)28-13-9-6-10-14-28/h5-17,19-20,25,30,32-33H,18,21-24H2,1-4H3,(H,36,38). The van der Waals surface area contributed by atoms with Crippen LogP contribution in [0, 0.1) is 17.3 Å². The summed E-state index contributed by atoms with van der Waals surface area (Å²) in [4.78, 5) is 15.8. The van der Waals surface area contributed by atoms with E-state index in [2.05, 4.69) is 117 Å². The van der Waals surface area contributed by atoms with Crippen LogP contribution in [0.15, 0.2) is 96.6 Å². The molecule has 2 amide bonds. The molecule has 0 heterocycles. The van der Waals surface area contributed by atoms with Crippen molar-refractivity contribution in [1.82, 2.24) is 4.90 Å². The van der Waals surface area contributed by atoms with E-state index in [0.717, 1.165) is 24.4 Å². The van der Waals surface area contributed by atoms with E-state index in [1.165, 1.54) is 28.7 Å². The zero-order valence-electron chi connectivity index (χ0n) is 23.4. The minimum atomic E-state index is -0.0117. The van der Waals surface area contributed by atoms with Gasteiger partial charge in [-0.05, 0) is 71.3 Å². The maximum atomic E-state index is 13.8. The van der Waals surface area contributed by atoms with Crippen LogP contribution in [0.2, 0.25) is 0 Å². The van der Waals surface area contributed by atoms with E-state index >= 15 is 0 Å². The fraction of sp³-hybridized carbons (Fsp3) is 0.400. The first-order valence-electron chi connectivity index (χ1n) is 14.3. The molecule has 1 N–H and O–H groups in total. The molecule has 0 spiro atoms. The molecule has 3 heteroatoms. The highest BCUT2D eigenvalue weighted by molar-refractivity contribution is 5.89. The predicted molar refractivity (Wildman–Crippen MR) is 159 cm³/mol. The van der Waals surface area contributed by atoms with Crippen LogP contribution in [0.1, 0.15) is 75.5 Å². The van der Waals surface area contributed by atoms with Crippen molar-refractivity contribution >= 4 is 11.7 Å². The van der Waals surface area contributed by atoms with E-state index < -0.39 is 0 Å². The summed E-state index contributed by atoms with van der Waals surface area (Å²) in [6, 6.07) is 29.7. The van der Waals surface area contributed by atoms with Gasteiger partial charge in [-0.3, -0.25) is 0 Å². The number of anilines is 1. The quantitative estimate of drug-likeness (QED) is 0.289. The Bertz CT molecular complexity index is 1200. The van der Waals surface area contributed by atoms with E-state index in [-0.39, 0.29) is 11.9 Å². The fourth-order valence-corrected chi connectivity index (χ4v) is 6.46. The molecule has 3 aromatic carbocycles. The largest absolute Gasteiger partial charge is 0.322 e. The molecule has 0 aliphatic heterocycles. The van der Waals surface area contributed by atoms with Gasteiger partial charge in [-0.1, -0.05) is 112 Å². The second kappa shape index (κ2) is 11.2. The van der Waals surface area contributed by atoms with Crippen LogP contribution in [0.5, 0.6) is 0 Å². The highest BCUT2D eigenvalue weighted by atomic mass is 16.2. The third kappa shape index (κ3) is 5.57. The molecule has 0 saturated heterocycles. The van der Waals surface area contributed by atoms with Gasteiger partial charge in [0.15, 0.2) is 0 Å². The van der Waals surface area contributed by atoms with Gasteiger partial charge in [0, 0.05) is 24.7 Å². The molecule has 0 radical (unpaired) electrons. The Morgan fingerprint density at radius 2 is 1.50 bits per heavy atom. The molecule has 2 atom stereocenters. The molecular weight excluding hydrogens is 464 g/mol. The van der Waals surface area contributed by atoms with Crippen LogP contribution in [-0.2, 0) is 0 Å². The van der Waals surface area contributed by atoms with Gasteiger partial charge in [-0.15, -0.1) is 0 Å². The Morgan fingerprint density at radius 3 is 2.03 bits per heavy atom. The number of hydrogen-bond donors (Lipinski definition) is 1. The molecule has 3 aromatic rings. The number of nitrogens with zero attached hydrogens (tertiary/aromatic N) is 1. The summed E-state index contributed by atoms with van der Waals surface area (Å²) in [5.41, 5.74) is 6.51. The SMILES string of the molecule is CC(C)c1ccc(NC(=O)N(CCC(c2ccccc2)c2ccccc2)CC2=CCC3CC2C3(C)C)cc1. The van der Waals surface area contributed by atoms with Gasteiger partial charge in [0.25, 0.3) is 0 Å². The third-order valence-corrected chi connectivity index (χ3v) is 9.16. The highest BCUT2D eigenvalue weighted by Crippen LogP contribution is 2.59. The van der Waals surface area contributed by atoms with Crippen LogP contribution in [0.4, 0.5) is 10.5 Å². The lowest BCUT2D eigenvalue weighted by atomic mass is 9.49. The fourth-order valence-electron chi connectivity index (χ4n) is 6.46. The predicted octanol–water partition coefficient (Wildman–Crippen LogP) is 8.86. The summed E-state index contributed by atoms with van der Waals surface area (Å²) in [6.45, 7) is 10.6. The smallest absolute Gasteiger partial charge is 0.320 e. The average molecular weight is 507 g/mol. The molecule has 2 bridgehead atoms. The number of carbonyl (C=O) groups is 1. The minimum absolute atomic E-state index is 0.0117. The molecule has 0 aromatic heterocycles. The Labute approximate surface area is 229 Å². The molecule has 3 aliphatic carbocycles. The van der Waals surface area contributed by atoms with Crippen molar-refractivity contribution < 1.29 is 4.79 Å². The van der Waals surface area contributed by atoms with Crippen molar-refractivity contribution in [2.75, 3.05) is 18.4 Å². The molecule has 1 fully saturated rings. The Morgan fingerprint density at radius 1 is 0.895 bits per heavy atom. The second-order valence-electron chi connectivity index (χ2n) is 12.1. The number of urea groups is 1. The summed E-state index contributed by atoms with van der Waals surface area (Å²) < 4.78 is 0. The van der Waals surface area contributed by atoms with E-state index in [1.807, 2.05) is 12.1 Å². The van der Waals surface area contributed by atoms with Crippen molar-refractivity contribution in [3.8, 4) is 0 Å². The van der Waals surface area contributed by atoms with Gasteiger partial charge < -0.3 is 10.2 Å². The molecule has 1 saturated carbocycles. The Hall–Kier alpha value is -3.33. The first-order chi connectivity index (χ1) is 18.3. The monoisotopic (exact) mass is 506 g/mol. The topological polar surface area (TPSA) is 32.3 Å². The number of amides is 2. The second-order valence-corrected chi connectivity index (χ2v) is 12.1. The number of hydrogen-bond acceptors (Lipinski definition) is 1. The zero-order chi connectivity index (χ0) is 26.7. The van der Waals surface area contributed by atoms with Gasteiger partial charge in [0.2, 0.25) is 0 Å². The molecule has 3 aliphatic rings. The van der Waals surface area contributed by atoms with Crippen molar-refractivity contribution in [3.05, 3.63) is 113 Å². The first-order valence-corrected chi connectivity index (χ1v) is 14.3. The lowest BCUT2D eigenvalue weighted by Gasteiger charge is -2.57. The Balaban J connectivity index is 1.37. The maximum Gasteiger partial charge on any atom is 0.322 e. The van der Waals surface area contributed by atoms with Gasteiger partial charge in [-0.25, -0.2) is 4.79 Å². The van der Waals surface area contributed by atoms with Gasteiger partial charge in [0.05, 0.1) is 0 Å². The molecular formula is C35H42N2O. The van der Waals surface area contributed by atoms with Crippen molar-refractivity contribution in [1.29, 1.82) is 0 Å². The molecule has 38 heavy (non-hydrogen) atoms. The van der Waals surface area contributed by atoms with Crippen molar-refractivity contribution in [2.24, 2.45) is 17.3 Å². The summed E-state index contributed by atoms with van der Waals surface area (Å²) >= 11 is 0. The molecule has 3 nitrogen and oxygen atoms in total. The highest BCUT2D eigenvalue weighted by Gasteiger charge is 2.51. The number of allylic oxidation sites excluding steroid dienone is 1. The van der Waals surface area contributed by atoms with Crippen LogP contribution in [-0.4, -0.2) is 24.0 Å². The maximum absolute atomic E-state index is 13.8. The normalized spacial score (nSPS) is 19.6. The molecule has 2 unspecified atom stereocenters. The van der Waals surface area contributed by atoms with E-state index in [9.17, 15) is 4.79 Å². The number of carbonyl (C=O) groups excluding carboxylic acids is 1. The summed E-state index contributed by atoms with van der Waals surface area (Å²) in [7, 11) is 0. The summed E-state index contributed by atoms with van der Waals surface area (Å²) in [5, 5.41) is 3.21. The van der Waals surface area contributed by atoms with Gasteiger partial charge >= 0.3 is 6.03 Å². The third-order valence-electron chi connectivity index (χ3n) is 9.16. The van der Waals surface area contributed by atoms with E-state index in [4.69, 9.17) is 0 Å². The minimum Gasteiger partial charge on any atom is -0.320 e. The van der Waals surface area contributed by atoms with Crippen LogP contribution < -0.4 is 5.32 Å². The zero-order valence-corrected chi connectivity index (χ0v) is 23.4. The average Bonchev–Trinajstić information content (AvgIpc) is 2.94. The van der Waals surface area contributed by atoms with Crippen LogP contribution >= 0.6 is 0 Å².